The Balaban J connectivity index is 1.95. The molecule has 0 aliphatic carbocycles. The lowest BCUT2D eigenvalue weighted by Gasteiger charge is -2.09. The number of carbonyl (C=O) groups is 2. The van der Waals surface area contributed by atoms with Gasteiger partial charge in [0.15, 0.2) is 0 Å². The monoisotopic (exact) mass is 332 g/mol. The van der Waals surface area contributed by atoms with Crippen LogP contribution >= 0.6 is 11.6 Å². The fraction of sp³-hybridized carbons (Fsp3) is 0.222. The number of carbonyl (C=O) groups excluding carboxylic acids is 2. The van der Waals surface area contributed by atoms with Crippen molar-refractivity contribution in [3.63, 3.8) is 0 Å². The van der Waals surface area contributed by atoms with Crippen LogP contribution in [0.25, 0.3) is 0 Å². The highest BCUT2D eigenvalue weighted by Crippen LogP contribution is 2.17. The molecule has 2 rings (SSSR count). The predicted molar refractivity (Wildman–Crippen MR) is 87.6 cm³/mol. The van der Waals surface area contributed by atoms with Crippen molar-refractivity contribution < 1.29 is 19.1 Å². The Bertz CT molecular complexity index is 692. The van der Waals surface area contributed by atoms with E-state index in [-0.39, 0.29) is 18.7 Å². The lowest BCUT2D eigenvalue weighted by Crippen LogP contribution is -2.11. The van der Waals surface area contributed by atoms with Crippen LogP contribution in [0.1, 0.15) is 40.1 Å². The van der Waals surface area contributed by atoms with Crippen molar-refractivity contribution in [1.82, 2.24) is 0 Å². The molecule has 120 valence electrons. The Morgan fingerprint density at radius 1 is 1.00 bits per heavy atom. The lowest BCUT2D eigenvalue weighted by atomic mass is 10.1. The van der Waals surface area contributed by atoms with Crippen molar-refractivity contribution in [2.75, 3.05) is 0 Å². The van der Waals surface area contributed by atoms with Gasteiger partial charge < -0.3 is 9.47 Å². The van der Waals surface area contributed by atoms with E-state index in [4.69, 9.17) is 21.1 Å². The van der Waals surface area contributed by atoms with Gasteiger partial charge in [-0.1, -0.05) is 35.9 Å². The Hall–Kier alpha value is -2.33. The highest BCUT2D eigenvalue weighted by Gasteiger charge is 2.12. The standard InChI is InChI=1S/C18H17ClO4/c1-12(2)23-17(20)14-9-7-13(8-10-14)11-22-18(21)15-5-3-4-6-16(15)19/h3-10,12H,11H2,1-2H3. The maximum absolute atomic E-state index is 12.0. The van der Waals surface area contributed by atoms with E-state index < -0.39 is 5.97 Å². The lowest BCUT2D eigenvalue weighted by molar-refractivity contribution is 0.0376. The van der Waals surface area contributed by atoms with Crippen LogP contribution in [0.4, 0.5) is 0 Å². The quantitative estimate of drug-likeness (QED) is 0.767. The van der Waals surface area contributed by atoms with Crippen LogP contribution in [-0.4, -0.2) is 18.0 Å². The van der Waals surface area contributed by atoms with Crippen molar-refractivity contribution in [2.24, 2.45) is 0 Å². The van der Waals surface area contributed by atoms with Gasteiger partial charge in [0, 0.05) is 0 Å². The molecule has 0 amide bonds. The number of rotatable bonds is 5. The molecule has 0 aromatic heterocycles. The summed E-state index contributed by atoms with van der Waals surface area (Å²) in [7, 11) is 0. The zero-order chi connectivity index (χ0) is 16.8. The molecule has 23 heavy (non-hydrogen) atoms. The van der Waals surface area contributed by atoms with Crippen LogP contribution in [-0.2, 0) is 16.1 Å². The topological polar surface area (TPSA) is 52.6 Å². The average molecular weight is 333 g/mol. The number of ether oxygens (including phenoxy) is 2. The molecule has 0 spiro atoms. The fourth-order valence-corrected chi connectivity index (χ4v) is 2.09. The normalized spacial score (nSPS) is 10.4. The summed E-state index contributed by atoms with van der Waals surface area (Å²) in [5, 5.41) is 0.351. The first-order valence-corrected chi connectivity index (χ1v) is 7.56. The Kier molecular flexibility index (Phi) is 5.77. The summed E-state index contributed by atoms with van der Waals surface area (Å²) < 4.78 is 10.3. The third-order valence-electron chi connectivity index (χ3n) is 3.00. The van der Waals surface area contributed by atoms with Crippen LogP contribution in [0, 0.1) is 0 Å². The van der Waals surface area contributed by atoms with E-state index in [1.54, 1.807) is 62.4 Å². The molecule has 0 heterocycles. The van der Waals surface area contributed by atoms with E-state index >= 15 is 0 Å². The Labute approximate surface area is 140 Å². The smallest absolute Gasteiger partial charge is 0.339 e. The van der Waals surface area contributed by atoms with Gasteiger partial charge in [-0.15, -0.1) is 0 Å². The molecule has 0 saturated carbocycles. The minimum atomic E-state index is -0.487. The van der Waals surface area contributed by atoms with E-state index in [2.05, 4.69) is 0 Å². The van der Waals surface area contributed by atoms with E-state index in [1.165, 1.54) is 0 Å². The van der Waals surface area contributed by atoms with Crippen molar-refractivity contribution in [2.45, 2.75) is 26.6 Å². The molecule has 5 heteroatoms. The molecule has 0 unspecified atom stereocenters. The molecule has 0 saturated heterocycles. The third-order valence-corrected chi connectivity index (χ3v) is 3.33. The maximum Gasteiger partial charge on any atom is 0.339 e. The average Bonchev–Trinajstić information content (AvgIpc) is 2.53. The molecule has 0 bridgehead atoms. The van der Waals surface area contributed by atoms with Crippen LogP contribution in [0.3, 0.4) is 0 Å². The summed E-state index contributed by atoms with van der Waals surface area (Å²) in [6.07, 6.45) is -0.168. The summed E-state index contributed by atoms with van der Waals surface area (Å²) in [5.41, 5.74) is 1.55. The first kappa shape index (κ1) is 17.0. The molecule has 0 radical (unpaired) electrons. The van der Waals surface area contributed by atoms with Crippen LogP contribution in [0.2, 0.25) is 5.02 Å². The van der Waals surface area contributed by atoms with Gasteiger partial charge in [-0.3, -0.25) is 0 Å². The highest BCUT2D eigenvalue weighted by atomic mass is 35.5. The SMILES string of the molecule is CC(C)OC(=O)c1ccc(COC(=O)c2ccccc2Cl)cc1. The van der Waals surface area contributed by atoms with Crippen molar-refractivity contribution in [3.8, 4) is 0 Å². The molecule has 2 aromatic carbocycles. The molecule has 0 fully saturated rings. The second-order valence-corrected chi connectivity index (χ2v) is 5.61. The van der Waals surface area contributed by atoms with Crippen molar-refractivity contribution in [1.29, 1.82) is 0 Å². The van der Waals surface area contributed by atoms with Gasteiger partial charge in [0.1, 0.15) is 6.61 Å². The van der Waals surface area contributed by atoms with E-state index in [0.29, 0.717) is 16.1 Å². The van der Waals surface area contributed by atoms with E-state index in [1.807, 2.05) is 0 Å². The minimum Gasteiger partial charge on any atom is -0.459 e. The molecule has 0 aliphatic rings. The van der Waals surface area contributed by atoms with Crippen LogP contribution < -0.4 is 0 Å². The second kappa shape index (κ2) is 7.79. The maximum atomic E-state index is 12.0. The second-order valence-electron chi connectivity index (χ2n) is 5.21. The third kappa shape index (κ3) is 4.83. The first-order valence-electron chi connectivity index (χ1n) is 7.19. The summed E-state index contributed by atoms with van der Waals surface area (Å²) in [6, 6.07) is 13.4. The van der Waals surface area contributed by atoms with Gasteiger partial charge in [0.2, 0.25) is 0 Å². The molecule has 0 N–H and O–H groups in total. The number of esters is 2. The summed E-state index contributed by atoms with van der Waals surface area (Å²) in [6.45, 7) is 3.68. The van der Waals surface area contributed by atoms with Crippen molar-refractivity contribution in [3.05, 3.63) is 70.2 Å². The van der Waals surface area contributed by atoms with Gasteiger partial charge in [-0.2, -0.15) is 0 Å². The zero-order valence-corrected chi connectivity index (χ0v) is 13.7. The van der Waals surface area contributed by atoms with Gasteiger partial charge >= 0.3 is 11.9 Å². The fourth-order valence-electron chi connectivity index (χ4n) is 1.87. The van der Waals surface area contributed by atoms with Crippen molar-refractivity contribution >= 4 is 23.5 Å². The molecule has 0 atom stereocenters. The van der Waals surface area contributed by atoms with Gasteiger partial charge in [0.05, 0.1) is 22.3 Å². The molecule has 4 nitrogen and oxygen atoms in total. The van der Waals surface area contributed by atoms with Gasteiger partial charge in [-0.05, 0) is 43.7 Å². The highest BCUT2D eigenvalue weighted by molar-refractivity contribution is 6.33. The number of hydrogen-bond donors (Lipinski definition) is 0. The zero-order valence-electron chi connectivity index (χ0n) is 12.9. The first-order chi connectivity index (χ1) is 11.0. The number of benzene rings is 2. The summed E-state index contributed by atoms with van der Waals surface area (Å²) >= 11 is 5.95. The minimum absolute atomic E-state index is 0.101. The predicted octanol–water partition coefficient (Wildman–Crippen LogP) is 4.26. The summed E-state index contributed by atoms with van der Waals surface area (Å²) in [5.74, 6) is -0.862. The number of hydrogen-bond acceptors (Lipinski definition) is 4. The van der Waals surface area contributed by atoms with E-state index in [0.717, 1.165) is 5.56 Å². The Morgan fingerprint density at radius 3 is 2.26 bits per heavy atom. The van der Waals surface area contributed by atoms with Gasteiger partial charge in [0.25, 0.3) is 0 Å². The van der Waals surface area contributed by atoms with E-state index in [9.17, 15) is 9.59 Å². The molecular formula is C18H17ClO4. The molecule has 2 aromatic rings. The van der Waals surface area contributed by atoms with Gasteiger partial charge in [-0.25, -0.2) is 9.59 Å². The summed E-state index contributed by atoms with van der Waals surface area (Å²) in [4.78, 5) is 23.7. The molecular weight excluding hydrogens is 316 g/mol. The Morgan fingerprint density at radius 2 is 1.65 bits per heavy atom. The number of halogens is 1. The van der Waals surface area contributed by atoms with Crippen LogP contribution in [0.5, 0.6) is 0 Å². The molecule has 0 aliphatic heterocycles. The van der Waals surface area contributed by atoms with Crippen LogP contribution in [0.15, 0.2) is 48.5 Å². The largest absolute Gasteiger partial charge is 0.459 e.